The van der Waals surface area contributed by atoms with Crippen LogP contribution in [0.1, 0.15) is 32.6 Å². The van der Waals surface area contributed by atoms with Crippen LogP contribution in [0.15, 0.2) is 4.99 Å². The number of hydrogen-bond acceptors (Lipinski definition) is 2. The summed E-state index contributed by atoms with van der Waals surface area (Å²) in [5.41, 5.74) is 0. The van der Waals surface area contributed by atoms with Gasteiger partial charge in [0.2, 0.25) is 0 Å². The van der Waals surface area contributed by atoms with Crippen molar-refractivity contribution in [3.63, 3.8) is 0 Å². The van der Waals surface area contributed by atoms with E-state index in [0.717, 1.165) is 31.9 Å². The summed E-state index contributed by atoms with van der Waals surface area (Å²) in [6.45, 7) is 4.00. The molecule has 0 saturated carbocycles. The lowest BCUT2D eigenvalue weighted by Gasteiger charge is -2.02. The molecule has 58 valence electrons. The molecular weight excluding hydrogens is 126 g/mol. The van der Waals surface area contributed by atoms with Crippen molar-refractivity contribution in [1.29, 1.82) is 0 Å². The van der Waals surface area contributed by atoms with Gasteiger partial charge in [-0.1, -0.05) is 13.3 Å². The van der Waals surface area contributed by atoms with Gasteiger partial charge in [-0.15, -0.1) is 0 Å². The smallest absolute Gasteiger partial charge is 0.183 e. The molecule has 0 aromatic carbocycles. The molecule has 2 nitrogen and oxygen atoms in total. The second-order valence-corrected chi connectivity index (χ2v) is 2.58. The van der Waals surface area contributed by atoms with Crippen LogP contribution in [-0.4, -0.2) is 19.0 Å². The number of hydrogen-bond donors (Lipinski definition) is 0. The first kappa shape index (κ1) is 7.58. The van der Waals surface area contributed by atoms with E-state index in [9.17, 15) is 0 Å². The number of ether oxygens (including phenoxy) is 1. The molecule has 0 saturated heterocycles. The van der Waals surface area contributed by atoms with Gasteiger partial charge in [0.25, 0.3) is 0 Å². The van der Waals surface area contributed by atoms with E-state index >= 15 is 0 Å². The van der Waals surface area contributed by atoms with Gasteiger partial charge >= 0.3 is 0 Å². The predicted octanol–water partition coefficient (Wildman–Crippen LogP) is 2.00. The monoisotopic (exact) mass is 141 g/mol. The van der Waals surface area contributed by atoms with Crippen LogP contribution in [0.25, 0.3) is 0 Å². The van der Waals surface area contributed by atoms with Crippen LogP contribution in [-0.2, 0) is 4.74 Å². The second-order valence-electron chi connectivity index (χ2n) is 2.58. The Kier molecular flexibility index (Phi) is 3.27. The molecule has 2 heteroatoms. The van der Waals surface area contributed by atoms with Crippen molar-refractivity contribution in [1.82, 2.24) is 0 Å². The van der Waals surface area contributed by atoms with Crippen LogP contribution in [0.5, 0.6) is 0 Å². The van der Waals surface area contributed by atoms with Gasteiger partial charge in [-0.2, -0.15) is 0 Å². The maximum Gasteiger partial charge on any atom is 0.183 e. The highest BCUT2D eigenvalue weighted by Crippen LogP contribution is 2.05. The van der Waals surface area contributed by atoms with Crippen molar-refractivity contribution in [2.75, 3.05) is 13.2 Å². The zero-order valence-electron chi connectivity index (χ0n) is 6.60. The average molecular weight is 141 g/mol. The SMILES string of the molecule is CCCCOC1=NCCC1. The van der Waals surface area contributed by atoms with E-state index in [0.29, 0.717) is 0 Å². The lowest BCUT2D eigenvalue weighted by molar-refractivity contribution is 0.291. The average Bonchev–Trinajstić information content (AvgIpc) is 2.41. The van der Waals surface area contributed by atoms with Crippen molar-refractivity contribution >= 4 is 5.90 Å². The quantitative estimate of drug-likeness (QED) is 0.551. The molecule has 0 unspecified atom stereocenters. The first-order valence-corrected chi connectivity index (χ1v) is 4.09. The van der Waals surface area contributed by atoms with Gasteiger partial charge in [-0.3, -0.25) is 4.99 Å². The van der Waals surface area contributed by atoms with E-state index in [4.69, 9.17) is 4.74 Å². The molecule has 0 N–H and O–H groups in total. The fourth-order valence-corrected chi connectivity index (χ4v) is 0.965. The van der Waals surface area contributed by atoms with Crippen LogP contribution in [0, 0.1) is 0 Å². The van der Waals surface area contributed by atoms with Crippen molar-refractivity contribution in [2.45, 2.75) is 32.6 Å². The maximum atomic E-state index is 5.39. The second kappa shape index (κ2) is 4.31. The van der Waals surface area contributed by atoms with Crippen LogP contribution in [0.2, 0.25) is 0 Å². The number of unbranched alkanes of at least 4 members (excludes halogenated alkanes) is 1. The van der Waals surface area contributed by atoms with Crippen LogP contribution < -0.4 is 0 Å². The Morgan fingerprint density at radius 2 is 2.50 bits per heavy atom. The molecular formula is C8H15NO. The van der Waals surface area contributed by atoms with E-state index in [1.807, 2.05) is 0 Å². The Hall–Kier alpha value is -0.530. The minimum Gasteiger partial charge on any atom is -0.481 e. The zero-order chi connectivity index (χ0) is 7.23. The highest BCUT2D eigenvalue weighted by Gasteiger charge is 2.05. The van der Waals surface area contributed by atoms with E-state index in [2.05, 4.69) is 11.9 Å². The molecule has 1 heterocycles. The molecule has 0 aromatic heterocycles. The van der Waals surface area contributed by atoms with Crippen LogP contribution in [0.4, 0.5) is 0 Å². The molecule has 0 aromatic rings. The molecule has 10 heavy (non-hydrogen) atoms. The summed E-state index contributed by atoms with van der Waals surface area (Å²) >= 11 is 0. The number of nitrogens with zero attached hydrogens (tertiary/aromatic N) is 1. The summed E-state index contributed by atoms with van der Waals surface area (Å²) in [5, 5.41) is 0. The minimum absolute atomic E-state index is 0.856. The zero-order valence-corrected chi connectivity index (χ0v) is 6.60. The van der Waals surface area contributed by atoms with Gasteiger partial charge in [0.05, 0.1) is 6.61 Å². The third-order valence-corrected chi connectivity index (χ3v) is 1.60. The molecule has 0 fully saturated rings. The van der Waals surface area contributed by atoms with Gasteiger partial charge in [0, 0.05) is 13.0 Å². The van der Waals surface area contributed by atoms with E-state index in [-0.39, 0.29) is 0 Å². The molecule has 0 radical (unpaired) electrons. The van der Waals surface area contributed by atoms with E-state index in [1.165, 1.54) is 12.8 Å². The first-order chi connectivity index (χ1) is 4.93. The third-order valence-electron chi connectivity index (χ3n) is 1.60. The molecule has 0 aliphatic carbocycles. The summed E-state index contributed by atoms with van der Waals surface area (Å²) in [4.78, 5) is 4.20. The lowest BCUT2D eigenvalue weighted by atomic mass is 10.3. The van der Waals surface area contributed by atoms with E-state index in [1.54, 1.807) is 0 Å². The first-order valence-electron chi connectivity index (χ1n) is 4.09. The van der Waals surface area contributed by atoms with E-state index < -0.39 is 0 Å². The Bertz CT molecular complexity index is 120. The normalized spacial score (nSPS) is 17.1. The highest BCUT2D eigenvalue weighted by molar-refractivity contribution is 5.77. The van der Waals surface area contributed by atoms with Crippen molar-refractivity contribution in [2.24, 2.45) is 4.99 Å². The molecule has 1 rings (SSSR count). The van der Waals surface area contributed by atoms with Crippen LogP contribution >= 0.6 is 0 Å². The Labute approximate surface area is 62.3 Å². The summed E-state index contributed by atoms with van der Waals surface area (Å²) in [7, 11) is 0. The fraction of sp³-hybridized carbons (Fsp3) is 0.875. The Morgan fingerprint density at radius 1 is 1.60 bits per heavy atom. The number of aliphatic imine (C=N–C) groups is 1. The molecule has 0 amide bonds. The highest BCUT2D eigenvalue weighted by atomic mass is 16.5. The summed E-state index contributed by atoms with van der Waals surface area (Å²) in [6.07, 6.45) is 4.59. The summed E-state index contributed by atoms with van der Waals surface area (Å²) in [6, 6.07) is 0. The molecule has 0 bridgehead atoms. The molecule has 1 aliphatic rings. The van der Waals surface area contributed by atoms with Gasteiger partial charge in [-0.25, -0.2) is 0 Å². The predicted molar refractivity (Wildman–Crippen MR) is 42.4 cm³/mol. The number of rotatable bonds is 3. The summed E-state index contributed by atoms with van der Waals surface area (Å²) in [5.74, 6) is 0.980. The maximum absolute atomic E-state index is 5.39. The van der Waals surface area contributed by atoms with Gasteiger partial charge < -0.3 is 4.74 Å². The van der Waals surface area contributed by atoms with Crippen molar-refractivity contribution < 1.29 is 4.74 Å². The van der Waals surface area contributed by atoms with Gasteiger partial charge in [0.1, 0.15) is 0 Å². The fourth-order valence-electron chi connectivity index (χ4n) is 0.965. The largest absolute Gasteiger partial charge is 0.481 e. The molecule has 0 atom stereocenters. The lowest BCUT2D eigenvalue weighted by Crippen LogP contribution is -2.01. The molecule has 1 aliphatic heterocycles. The minimum atomic E-state index is 0.856. The van der Waals surface area contributed by atoms with Gasteiger partial charge in [-0.05, 0) is 12.8 Å². The van der Waals surface area contributed by atoms with Crippen LogP contribution in [0.3, 0.4) is 0 Å². The third kappa shape index (κ3) is 2.38. The molecule has 0 spiro atoms. The van der Waals surface area contributed by atoms with Crippen molar-refractivity contribution in [3.8, 4) is 0 Å². The standard InChI is InChI=1S/C8H15NO/c1-2-3-7-10-8-5-4-6-9-8/h2-7H2,1H3. The summed E-state index contributed by atoms with van der Waals surface area (Å²) < 4.78 is 5.39. The van der Waals surface area contributed by atoms with Crippen molar-refractivity contribution in [3.05, 3.63) is 0 Å². The Balaban J connectivity index is 2.01. The Morgan fingerprint density at radius 3 is 3.10 bits per heavy atom. The van der Waals surface area contributed by atoms with Gasteiger partial charge in [0.15, 0.2) is 5.90 Å². The topological polar surface area (TPSA) is 21.6 Å².